The minimum atomic E-state index is 0.286. The molecule has 0 amide bonds. The highest BCUT2D eigenvalue weighted by molar-refractivity contribution is 7.99. The monoisotopic (exact) mass is 271 g/mol. The molecule has 98 valence electrons. The maximum absolute atomic E-state index is 12.5. The Hall–Kier alpha value is -1.35. The smallest absolute Gasteiger partial charge is 0.163 e. The maximum atomic E-state index is 12.5. The van der Waals surface area contributed by atoms with Gasteiger partial charge in [0.25, 0.3) is 0 Å². The summed E-state index contributed by atoms with van der Waals surface area (Å²) in [6.45, 7) is 0. The van der Waals surface area contributed by atoms with Gasteiger partial charge in [-0.15, -0.1) is 0 Å². The number of carbonyl (C=O) groups is 1. The summed E-state index contributed by atoms with van der Waals surface area (Å²) in [5.41, 5.74) is 0.859. The van der Waals surface area contributed by atoms with Crippen molar-refractivity contribution < 1.29 is 4.79 Å². The summed E-state index contributed by atoms with van der Waals surface area (Å²) in [7, 11) is 0. The second-order valence-electron chi connectivity index (χ2n) is 5.09. The Bertz CT molecular complexity index is 585. The SMILES string of the molecule is O=C(CC1CCSCC1)c1cccc2cnccc12. The van der Waals surface area contributed by atoms with Gasteiger partial charge in [0.15, 0.2) is 5.78 Å². The van der Waals surface area contributed by atoms with Crippen molar-refractivity contribution in [2.24, 2.45) is 5.92 Å². The van der Waals surface area contributed by atoms with Crippen LogP contribution < -0.4 is 0 Å². The molecule has 0 atom stereocenters. The van der Waals surface area contributed by atoms with Gasteiger partial charge < -0.3 is 0 Å². The van der Waals surface area contributed by atoms with Gasteiger partial charge in [0, 0.05) is 29.8 Å². The average Bonchev–Trinajstić information content (AvgIpc) is 2.47. The van der Waals surface area contributed by atoms with E-state index in [9.17, 15) is 4.79 Å². The van der Waals surface area contributed by atoms with Crippen LogP contribution in [0, 0.1) is 5.92 Å². The average molecular weight is 271 g/mol. The van der Waals surface area contributed by atoms with Gasteiger partial charge in [-0.2, -0.15) is 11.8 Å². The Morgan fingerprint density at radius 3 is 2.95 bits per heavy atom. The third-order valence-corrected chi connectivity index (χ3v) is 4.84. The van der Waals surface area contributed by atoms with Gasteiger partial charge in [-0.1, -0.05) is 18.2 Å². The fourth-order valence-corrected chi connectivity index (χ4v) is 3.89. The lowest BCUT2D eigenvalue weighted by atomic mass is 9.92. The number of benzene rings is 1. The minimum Gasteiger partial charge on any atom is -0.294 e. The molecule has 1 aromatic carbocycles. The summed E-state index contributed by atoms with van der Waals surface area (Å²) in [6.07, 6.45) is 6.65. The molecule has 3 heteroatoms. The van der Waals surface area contributed by atoms with E-state index in [1.807, 2.05) is 42.2 Å². The Morgan fingerprint density at radius 2 is 2.11 bits per heavy atom. The molecule has 1 aromatic heterocycles. The van der Waals surface area contributed by atoms with E-state index in [1.165, 1.54) is 24.3 Å². The number of rotatable bonds is 3. The lowest BCUT2D eigenvalue weighted by molar-refractivity contribution is 0.0960. The third kappa shape index (κ3) is 2.81. The first-order valence-electron chi connectivity index (χ1n) is 6.78. The van der Waals surface area contributed by atoms with Gasteiger partial charge in [0.2, 0.25) is 0 Å². The normalized spacial score (nSPS) is 16.6. The molecule has 0 bridgehead atoms. The van der Waals surface area contributed by atoms with Crippen LogP contribution in [-0.2, 0) is 0 Å². The molecule has 0 unspecified atom stereocenters. The van der Waals surface area contributed by atoms with Crippen molar-refractivity contribution in [2.75, 3.05) is 11.5 Å². The Kier molecular flexibility index (Phi) is 3.83. The molecule has 0 radical (unpaired) electrons. The Balaban J connectivity index is 1.85. The number of Topliss-reactive ketones (excluding diaryl/α,β-unsaturated/α-hetero) is 1. The molecule has 0 N–H and O–H groups in total. The molecule has 0 saturated carbocycles. The molecule has 2 heterocycles. The Labute approximate surface area is 117 Å². The number of pyridine rings is 1. The van der Waals surface area contributed by atoms with Crippen LogP contribution >= 0.6 is 11.8 Å². The summed E-state index contributed by atoms with van der Waals surface area (Å²) < 4.78 is 0. The molecule has 1 aliphatic heterocycles. The van der Waals surface area contributed by atoms with E-state index in [0.717, 1.165) is 16.3 Å². The van der Waals surface area contributed by atoms with E-state index in [2.05, 4.69) is 4.98 Å². The lowest BCUT2D eigenvalue weighted by Crippen LogP contribution is -2.14. The van der Waals surface area contributed by atoms with Gasteiger partial charge in [0.1, 0.15) is 0 Å². The zero-order chi connectivity index (χ0) is 13.1. The number of aromatic nitrogens is 1. The predicted molar refractivity (Wildman–Crippen MR) is 80.7 cm³/mol. The van der Waals surface area contributed by atoms with E-state index in [-0.39, 0.29) is 5.78 Å². The number of carbonyl (C=O) groups excluding carboxylic acids is 1. The Morgan fingerprint density at radius 1 is 1.26 bits per heavy atom. The van der Waals surface area contributed by atoms with Crippen LogP contribution in [0.5, 0.6) is 0 Å². The van der Waals surface area contributed by atoms with Crippen LogP contribution in [0.25, 0.3) is 10.8 Å². The van der Waals surface area contributed by atoms with E-state index >= 15 is 0 Å². The summed E-state index contributed by atoms with van der Waals surface area (Å²) >= 11 is 2.00. The quantitative estimate of drug-likeness (QED) is 0.792. The molecule has 1 saturated heterocycles. The topological polar surface area (TPSA) is 30.0 Å². The maximum Gasteiger partial charge on any atom is 0.163 e. The summed E-state index contributed by atoms with van der Waals surface area (Å²) in [6, 6.07) is 7.85. The van der Waals surface area contributed by atoms with Crippen LogP contribution in [-0.4, -0.2) is 22.3 Å². The van der Waals surface area contributed by atoms with Crippen molar-refractivity contribution in [3.8, 4) is 0 Å². The molecule has 2 nitrogen and oxygen atoms in total. The molecule has 19 heavy (non-hydrogen) atoms. The number of fused-ring (bicyclic) bond motifs is 1. The molecule has 1 fully saturated rings. The first-order chi connectivity index (χ1) is 9.34. The van der Waals surface area contributed by atoms with Crippen molar-refractivity contribution in [2.45, 2.75) is 19.3 Å². The first-order valence-corrected chi connectivity index (χ1v) is 7.94. The number of thioether (sulfide) groups is 1. The summed E-state index contributed by atoms with van der Waals surface area (Å²) in [4.78, 5) is 16.6. The lowest BCUT2D eigenvalue weighted by Gasteiger charge is -2.20. The summed E-state index contributed by atoms with van der Waals surface area (Å²) in [5, 5.41) is 2.08. The van der Waals surface area contributed by atoms with Gasteiger partial charge in [-0.25, -0.2) is 0 Å². The highest BCUT2D eigenvalue weighted by atomic mass is 32.2. The number of hydrogen-bond donors (Lipinski definition) is 0. The van der Waals surface area contributed by atoms with Crippen molar-refractivity contribution >= 4 is 28.3 Å². The highest BCUT2D eigenvalue weighted by Crippen LogP contribution is 2.28. The van der Waals surface area contributed by atoms with Crippen LogP contribution in [0.4, 0.5) is 0 Å². The van der Waals surface area contributed by atoms with Crippen molar-refractivity contribution in [1.29, 1.82) is 0 Å². The minimum absolute atomic E-state index is 0.286. The van der Waals surface area contributed by atoms with Gasteiger partial charge in [-0.3, -0.25) is 9.78 Å². The molecule has 0 spiro atoms. The van der Waals surface area contributed by atoms with E-state index in [1.54, 1.807) is 6.20 Å². The molecule has 0 aliphatic carbocycles. The van der Waals surface area contributed by atoms with Crippen LogP contribution in [0.15, 0.2) is 36.7 Å². The van der Waals surface area contributed by atoms with Gasteiger partial charge >= 0.3 is 0 Å². The predicted octanol–water partition coefficient (Wildman–Crippen LogP) is 3.95. The van der Waals surface area contributed by atoms with E-state index < -0.39 is 0 Å². The van der Waals surface area contributed by atoms with E-state index in [0.29, 0.717) is 12.3 Å². The molecular weight excluding hydrogens is 254 g/mol. The van der Waals surface area contributed by atoms with Crippen molar-refractivity contribution in [3.63, 3.8) is 0 Å². The summed E-state index contributed by atoms with van der Waals surface area (Å²) in [5.74, 6) is 3.27. The standard InChI is InChI=1S/C16H17NOS/c18-16(10-12-5-8-19-9-6-12)15-3-1-2-13-11-17-7-4-14(13)15/h1-4,7,11-12H,5-6,8-10H2. The third-order valence-electron chi connectivity index (χ3n) is 3.80. The molecule has 2 aromatic rings. The first kappa shape index (κ1) is 12.7. The number of nitrogens with zero attached hydrogens (tertiary/aromatic N) is 1. The van der Waals surface area contributed by atoms with Crippen molar-refractivity contribution in [3.05, 3.63) is 42.2 Å². The highest BCUT2D eigenvalue weighted by Gasteiger charge is 2.19. The van der Waals surface area contributed by atoms with Crippen LogP contribution in [0.1, 0.15) is 29.6 Å². The fourth-order valence-electron chi connectivity index (χ4n) is 2.69. The molecule has 1 aliphatic rings. The zero-order valence-electron chi connectivity index (χ0n) is 10.8. The van der Waals surface area contributed by atoms with Crippen molar-refractivity contribution in [1.82, 2.24) is 4.98 Å². The van der Waals surface area contributed by atoms with Gasteiger partial charge in [0.05, 0.1) is 0 Å². The second-order valence-corrected chi connectivity index (χ2v) is 6.31. The molecular formula is C16H17NOS. The largest absolute Gasteiger partial charge is 0.294 e. The molecule has 3 rings (SSSR count). The van der Waals surface area contributed by atoms with Crippen LogP contribution in [0.3, 0.4) is 0 Å². The number of ketones is 1. The van der Waals surface area contributed by atoms with Gasteiger partial charge in [-0.05, 0) is 41.7 Å². The van der Waals surface area contributed by atoms with E-state index in [4.69, 9.17) is 0 Å². The fraction of sp³-hybridized carbons (Fsp3) is 0.375. The number of hydrogen-bond acceptors (Lipinski definition) is 3. The zero-order valence-corrected chi connectivity index (χ0v) is 11.7. The van der Waals surface area contributed by atoms with Crippen LogP contribution in [0.2, 0.25) is 0 Å². The second kappa shape index (κ2) is 5.74.